The number of halogens is 1. The third-order valence-electron chi connectivity index (χ3n) is 2.01. The van der Waals surface area contributed by atoms with Crippen LogP contribution in [0, 0.1) is 0 Å². The van der Waals surface area contributed by atoms with E-state index in [-0.39, 0.29) is 6.61 Å². The van der Waals surface area contributed by atoms with Gasteiger partial charge in [0.25, 0.3) is 5.91 Å². The number of benzene rings is 1. The van der Waals surface area contributed by atoms with Crippen molar-refractivity contribution in [3.8, 4) is 5.75 Å². The van der Waals surface area contributed by atoms with Crippen LogP contribution >= 0.6 is 11.6 Å². The van der Waals surface area contributed by atoms with Crippen LogP contribution in [0.2, 0.25) is 5.02 Å². The topological polar surface area (TPSA) is 93.7 Å². The van der Waals surface area contributed by atoms with Gasteiger partial charge in [-0.3, -0.25) is 10.1 Å². The van der Waals surface area contributed by atoms with Crippen molar-refractivity contribution in [2.45, 2.75) is 0 Å². The van der Waals surface area contributed by atoms with Crippen molar-refractivity contribution in [3.05, 3.63) is 29.3 Å². The number of carbonyl (C=O) groups excluding carboxylic acids is 3. The van der Waals surface area contributed by atoms with Gasteiger partial charge in [0.1, 0.15) is 5.75 Å². The van der Waals surface area contributed by atoms with Crippen LogP contribution in [0.5, 0.6) is 5.75 Å². The van der Waals surface area contributed by atoms with Crippen LogP contribution in [0.4, 0.5) is 4.79 Å². The minimum atomic E-state index is -0.732. The summed E-state index contributed by atoms with van der Waals surface area (Å²) in [6.45, 7) is -0.912. The summed E-state index contributed by atoms with van der Waals surface area (Å²) >= 11 is 5.69. The lowest BCUT2D eigenvalue weighted by Gasteiger charge is -2.07. The Balaban J connectivity index is 2.25. The van der Waals surface area contributed by atoms with Crippen molar-refractivity contribution in [2.24, 2.45) is 0 Å². The second-order valence-corrected chi connectivity index (χ2v) is 3.97. The summed E-state index contributed by atoms with van der Waals surface area (Å²) in [4.78, 5) is 33.2. The minimum Gasteiger partial charge on any atom is -0.482 e. The van der Waals surface area contributed by atoms with Gasteiger partial charge in [-0.1, -0.05) is 11.6 Å². The number of carbonyl (C=O) groups is 3. The molecule has 0 aliphatic heterocycles. The second-order valence-electron chi connectivity index (χ2n) is 3.53. The van der Waals surface area contributed by atoms with E-state index in [2.05, 4.69) is 10.1 Å². The average Bonchev–Trinajstić information content (AvgIpc) is 2.44. The van der Waals surface area contributed by atoms with E-state index in [9.17, 15) is 14.4 Å². The van der Waals surface area contributed by atoms with Gasteiger partial charge in [-0.2, -0.15) is 0 Å². The van der Waals surface area contributed by atoms with Crippen LogP contribution in [-0.4, -0.2) is 38.2 Å². The SMILES string of the molecule is CNC(=O)NC(=O)COC(=O)COc1ccc(Cl)cc1. The van der Waals surface area contributed by atoms with E-state index in [1.807, 2.05) is 5.32 Å². The summed E-state index contributed by atoms with van der Waals surface area (Å²) in [6.07, 6.45) is 0. The van der Waals surface area contributed by atoms with Crippen LogP contribution < -0.4 is 15.4 Å². The Morgan fingerprint density at radius 2 is 1.80 bits per heavy atom. The highest BCUT2D eigenvalue weighted by Gasteiger charge is 2.10. The van der Waals surface area contributed by atoms with E-state index in [0.29, 0.717) is 10.8 Å². The Kier molecular flexibility index (Phi) is 6.31. The van der Waals surface area contributed by atoms with Crippen LogP contribution in [-0.2, 0) is 14.3 Å². The first-order valence-electron chi connectivity index (χ1n) is 5.57. The molecule has 0 aromatic heterocycles. The predicted molar refractivity (Wildman–Crippen MR) is 70.5 cm³/mol. The second kappa shape index (κ2) is 8.00. The lowest BCUT2D eigenvalue weighted by Crippen LogP contribution is -2.40. The smallest absolute Gasteiger partial charge is 0.344 e. The maximum atomic E-state index is 11.3. The summed E-state index contributed by atoms with van der Waals surface area (Å²) in [5.74, 6) is -1.02. The molecule has 0 heterocycles. The first kappa shape index (κ1) is 15.8. The van der Waals surface area contributed by atoms with E-state index >= 15 is 0 Å². The van der Waals surface area contributed by atoms with Crippen molar-refractivity contribution in [3.63, 3.8) is 0 Å². The average molecular weight is 301 g/mol. The van der Waals surface area contributed by atoms with Gasteiger partial charge in [0.15, 0.2) is 13.2 Å². The number of hydrogen-bond donors (Lipinski definition) is 2. The molecule has 1 aromatic carbocycles. The molecule has 0 saturated heterocycles. The van der Waals surface area contributed by atoms with E-state index in [1.165, 1.54) is 7.05 Å². The number of amides is 3. The fraction of sp³-hybridized carbons (Fsp3) is 0.250. The summed E-state index contributed by atoms with van der Waals surface area (Å²) in [5, 5.41) is 4.68. The van der Waals surface area contributed by atoms with Gasteiger partial charge >= 0.3 is 12.0 Å². The summed E-state index contributed by atoms with van der Waals surface area (Å²) in [6, 6.07) is 5.73. The molecule has 0 bridgehead atoms. The van der Waals surface area contributed by atoms with Gasteiger partial charge in [-0.15, -0.1) is 0 Å². The van der Waals surface area contributed by atoms with Crippen molar-refractivity contribution in [1.82, 2.24) is 10.6 Å². The molecule has 0 radical (unpaired) electrons. The number of nitrogens with one attached hydrogen (secondary N) is 2. The van der Waals surface area contributed by atoms with E-state index < -0.39 is 24.5 Å². The molecular formula is C12H13ClN2O5. The summed E-state index contributed by atoms with van der Waals surface area (Å²) in [7, 11) is 1.36. The van der Waals surface area contributed by atoms with Crippen molar-refractivity contribution in [1.29, 1.82) is 0 Å². The molecule has 0 saturated carbocycles. The van der Waals surface area contributed by atoms with Crippen molar-refractivity contribution < 1.29 is 23.9 Å². The molecule has 1 aromatic rings. The van der Waals surface area contributed by atoms with Gasteiger partial charge in [0, 0.05) is 12.1 Å². The number of hydrogen-bond acceptors (Lipinski definition) is 5. The lowest BCUT2D eigenvalue weighted by atomic mass is 10.3. The zero-order valence-corrected chi connectivity index (χ0v) is 11.4. The predicted octanol–water partition coefficient (Wildman–Crippen LogP) is 0.718. The minimum absolute atomic E-state index is 0.352. The zero-order chi connectivity index (χ0) is 15.0. The maximum Gasteiger partial charge on any atom is 0.344 e. The Bertz CT molecular complexity index is 489. The maximum absolute atomic E-state index is 11.3. The van der Waals surface area contributed by atoms with Crippen LogP contribution in [0.3, 0.4) is 0 Å². The molecule has 3 amide bonds. The summed E-state index contributed by atoms with van der Waals surface area (Å²) < 4.78 is 9.73. The molecular weight excluding hydrogens is 288 g/mol. The Hall–Kier alpha value is -2.28. The lowest BCUT2D eigenvalue weighted by molar-refractivity contribution is -0.150. The summed E-state index contributed by atoms with van der Waals surface area (Å²) in [5.41, 5.74) is 0. The first-order chi connectivity index (χ1) is 9.51. The van der Waals surface area contributed by atoms with E-state index in [4.69, 9.17) is 16.3 Å². The Labute approximate surface area is 120 Å². The largest absolute Gasteiger partial charge is 0.482 e. The molecule has 8 heteroatoms. The van der Waals surface area contributed by atoms with Gasteiger partial charge in [-0.25, -0.2) is 9.59 Å². The molecule has 7 nitrogen and oxygen atoms in total. The fourth-order valence-electron chi connectivity index (χ4n) is 1.09. The van der Waals surface area contributed by atoms with Gasteiger partial charge in [0.05, 0.1) is 0 Å². The normalized spacial score (nSPS) is 9.50. The zero-order valence-electron chi connectivity index (χ0n) is 10.6. The quantitative estimate of drug-likeness (QED) is 0.781. The molecule has 2 N–H and O–H groups in total. The molecule has 108 valence electrons. The third kappa shape index (κ3) is 6.05. The Morgan fingerprint density at radius 1 is 1.15 bits per heavy atom. The molecule has 0 aliphatic carbocycles. The van der Waals surface area contributed by atoms with E-state index in [1.54, 1.807) is 24.3 Å². The molecule has 0 fully saturated rings. The standard InChI is InChI=1S/C12H13ClN2O5/c1-14-12(18)15-10(16)6-20-11(17)7-19-9-4-2-8(13)3-5-9/h2-5H,6-7H2,1H3,(H2,14,15,16,18). The van der Waals surface area contributed by atoms with Crippen LogP contribution in [0.1, 0.15) is 0 Å². The highest BCUT2D eigenvalue weighted by atomic mass is 35.5. The van der Waals surface area contributed by atoms with Crippen molar-refractivity contribution >= 4 is 29.5 Å². The number of esters is 1. The number of ether oxygens (including phenoxy) is 2. The number of urea groups is 1. The molecule has 20 heavy (non-hydrogen) atoms. The van der Waals surface area contributed by atoms with Crippen LogP contribution in [0.15, 0.2) is 24.3 Å². The molecule has 0 unspecified atom stereocenters. The monoisotopic (exact) mass is 300 g/mol. The van der Waals surface area contributed by atoms with Crippen LogP contribution in [0.25, 0.3) is 0 Å². The van der Waals surface area contributed by atoms with Gasteiger partial charge < -0.3 is 14.8 Å². The van der Waals surface area contributed by atoms with E-state index in [0.717, 1.165) is 0 Å². The third-order valence-corrected chi connectivity index (χ3v) is 2.27. The number of rotatable bonds is 5. The first-order valence-corrected chi connectivity index (χ1v) is 5.94. The van der Waals surface area contributed by atoms with Gasteiger partial charge in [-0.05, 0) is 24.3 Å². The molecule has 0 aliphatic rings. The highest BCUT2D eigenvalue weighted by molar-refractivity contribution is 6.30. The van der Waals surface area contributed by atoms with Crippen molar-refractivity contribution in [2.75, 3.05) is 20.3 Å². The Morgan fingerprint density at radius 3 is 2.40 bits per heavy atom. The molecule has 0 atom stereocenters. The number of imide groups is 1. The highest BCUT2D eigenvalue weighted by Crippen LogP contribution is 2.15. The fourth-order valence-corrected chi connectivity index (χ4v) is 1.21. The molecule has 1 rings (SSSR count). The molecule has 0 spiro atoms. The van der Waals surface area contributed by atoms with Gasteiger partial charge in [0.2, 0.25) is 0 Å².